The molecule has 2 nitrogen and oxygen atoms in total. The lowest BCUT2D eigenvalue weighted by molar-refractivity contribution is 0.114. The van der Waals surface area contributed by atoms with E-state index in [-0.39, 0.29) is 6.61 Å². The minimum Gasteiger partial charge on any atom is -0.317 e. The lowest BCUT2D eigenvalue weighted by Crippen LogP contribution is -2.35. The van der Waals surface area contributed by atoms with Gasteiger partial charge in [0.1, 0.15) is 0 Å². The van der Waals surface area contributed by atoms with Gasteiger partial charge in [-0.1, -0.05) is 6.92 Å². The summed E-state index contributed by atoms with van der Waals surface area (Å²) in [5, 5.41) is 13.7. The summed E-state index contributed by atoms with van der Waals surface area (Å²) in [6.45, 7) is 4.51. The Kier molecular flexibility index (Phi) is 2.69. The highest BCUT2D eigenvalue weighted by Gasteiger charge is 2.25. The second-order valence-electron chi connectivity index (χ2n) is 3.51. The largest absolute Gasteiger partial charge is 0.317 e. The molecule has 0 unspecified atom stereocenters. The average Bonchev–Trinajstić information content (AvgIpc) is 1.89. The van der Waals surface area contributed by atoms with Gasteiger partial charge in [0, 0.05) is 0 Å². The first-order valence-electron chi connectivity index (χ1n) is 4.06. The summed E-state index contributed by atoms with van der Waals surface area (Å²) in [6, 6.07) is 0. The molecule has 1 N–H and O–H groups in total. The maximum Gasteiger partial charge on any atom is 0.0827 e. The molecule has 0 atom stereocenters. The lowest BCUT2D eigenvalue weighted by Gasteiger charge is -2.33. The predicted molar refractivity (Wildman–Crippen MR) is 40.4 cm³/mol. The Morgan fingerprint density at radius 1 is 1.40 bits per heavy atom. The first-order chi connectivity index (χ1) is 4.77. The van der Waals surface area contributed by atoms with Gasteiger partial charge in [-0.25, -0.2) is 5.11 Å². The molecule has 2 heteroatoms. The first-order valence-corrected chi connectivity index (χ1v) is 4.06. The van der Waals surface area contributed by atoms with E-state index in [1.807, 2.05) is 0 Å². The minimum atomic E-state index is 0.0938. The SMILES string of the molecule is CC1(CC[O])CCNCC1. The number of hydrogen-bond donors (Lipinski definition) is 1. The standard InChI is InChI=1S/C8H16NO/c1-8(4-7-10)2-5-9-6-3-8/h9H,2-7H2,1H3. The topological polar surface area (TPSA) is 31.9 Å². The van der Waals surface area contributed by atoms with Crippen molar-refractivity contribution in [3.63, 3.8) is 0 Å². The molecule has 1 saturated heterocycles. The van der Waals surface area contributed by atoms with E-state index in [1.54, 1.807) is 0 Å². The van der Waals surface area contributed by atoms with Gasteiger partial charge in [0.05, 0.1) is 6.61 Å². The second kappa shape index (κ2) is 3.35. The van der Waals surface area contributed by atoms with Crippen molar-refractivity contribution in [3.8, 4) is 0 Å². The van der Waals surface area contributed by atoms with E-state index in [2.05, 4.69) is 12.2 Å². The number of piperidine rings is 1. The van der Waals surface area contributed by atoms with Crippen LogP contribution in [0.3, 0.4) is 0 Å². The molecular weight excluding hydrogens is 126 g/mol. The molecular formula is C8H16NO. The average molecular weight is 142 g/mol. The predicted octanol–water partition coefficient (Wildman–Crippen LogP) is 1.20. The summed E-state index contributed by atoms with van der Waals surface area (Å²) in [4.78, 5) is 0. The van der Waals surface area contributed by atoms with Gasteiger partial charge in [-0.2, -0.15) is 0 Å². The molecule has 0 bridgehead atoms. The van der Waals surface area contributed by atoms with Crippen LogP contribution in [0, 0.1) is 5.41 Å². The molecule has 0 amide bonds. The Hall–Kier alpha value is -0.0800. The van der Waals surface area contributed by atoms with Gasteiger partial charge in [-0.15, -0.1) is 0 Å². The molecule has 0 aromatic heterocycles. The van der Waals surface area contributed by atoms with Crippen LogP contribution < -0.4 is 5.32 Å². The fourth-order valence-corrected chi connectivity index (χ4v) is 1.53. The zero-order valence-corrected chi connectivity index (χ0v) is 6.65. The molecule has 0 aromatic carbocycles. The zero-order valence-electron chi connectivity index (χ0n) is 6.65. The molecule has 0 spiro atoms. The lowest BCUT2D eigenvalue weighted by atomic mass is 9.78. The van der Waals surface area contributed by atoms with Crippen molar-refractivity contribution in [3.05, 3.63) is 0 Å². The third-order valence-electron chi connectivity index (χ3n) is 2.52. The van der Waals surface area contributed by atoms with E-state index in [4.69, 9.17) is 0 Å². The van der Waals surface area contributed by atoms with Crippen molar-refractivity contribution < 1.29 is 5.11 Å². The van der Waals surface area contributed by atoms with Gasteiger partial charge < -0.3 is 5.32 Å². The summed E-state index contributed by atoms with van der Waals surface area (Å²) in [6.07, 6.45) is 3.21. The normalized spacial score (nSPS) is 24.6. The maximum absolute atomic E-state index is 10.4. The van der Waals surface area contributed by atoms with Crippen LogP contribution in [0.1, 0.15) is 26.2 Å². The number of rotatable bonds is 2. The molecule has 0 aromatic rings. The Morgan fingerprint density at radius 3 is 2.50 bits per heavy atom. The Bertz CT molecular complexity index is 91.9. The van der Waals surface area contributed by atoms with Crippen LogP contribution in [0.5, 0.6) is 0 Å². The Balaban J connectivity index is 2.32. The van der Waals surface area contributed by atoms with E-state index in [0.717, 1.165) is 19.5 Å². The van der Waals surface area contributed by atoms with Gasteiger partial charge in [-0.05, 0) is 37.8 Å². The quantitative estimate of drug-likeness (QED) is 0.617. The van der Waals surface area contributed by atoms with Crippen molar-refractivity contribution >= 4 is 0 Å². The summed E-state index contributed by atoms with van der Waals surface area (Å²) in [5.74, 6) is 0. The highest BCUT2D eigenvalue weighted by Crippen LogP contribution is 2.30. The molecule has 0 aliphatic carbocycles. The van der Waals surface area contributed by atoms with Crippen LogP contribution in [0.4, 0.5) is 0 Å². The zero-order chi connectivity index (χ0) is 7.45. The highest BCUT2D eigenvalue weighted by atomic mass is 16.3. The first kappa shape index (κ1) is 8.02. The Morgan fingerprint density at radius 2 is 2.00 bits per heavy atom. The van der Waals surface area contributed by atoms with E-state index >= 15 is 0 Å². The smallest absolute Gasteiger partial charge is 0.0827 e. The fraction of sp³-hybridized carbons (Fsp3) is 1.00. The molecule has 59 valence electrons. The molecule has 10 heavy (non-hydrogen) atoms. The highest BCUT2D eigenvalue weighted by molar-refractivity contribution is 4.79. The van der Waals surface area contributed by atoms with Crippen molar-refractivity contribution in [2.45, 2.75) is 26.2 Å². The second-order valence-corrected chi connectivity index (χ2v) is 3.51. The summed E-state index contributed by atoms with van der Waals surface area (Å²) in [7, 11) is 0. The van der Waals surface area contributed by atoms with Crippen LogP contribution in [0.15, 0.2) is 0 Å². The molecule has 1 radical (unpaired) electrons. The van der Waals surface area contributed by atoms with Crippen molar-refractivity contribution in [1.82, 2.24) is 5.32 Å². The van der Waals surface area contributed by atoms with Gasteiger partial charge in [0.25, 0.3) is 0 Å². The van der Waals surface area contributed by atoms with Crippen LogP contribution >= 0.6 is 0 Å². The van der Waals surface area contributed by atoms with Crippen LogP contribution in [0.2, 0.25) is 0 Å². The van der Waals surface area contributed by atoms with Crippen LogP contribution in [0.25, 0.3) is 0 Å². The van der Waals surface area contributed by atoms with Crippen LogP contribution in [-0.4, -0.2) is 19.7 Å². The maximum atomic E-state index is 10.4. The molecule has 1 aliphatic heterocycles. The van der Waals surface area contributed by atoms with Gasteiger partial charge >= 0.3 is 0 Å². The van der Waals surface area contributed by atoms with E-state index in [1.165, 1.54) is 12.8 Å². The van der Waals surface area contributed by atoms with E-state index in [0.29, 0.717) is 5.41 Å². The number of nitrogens with one attached hydrogen (secondary N) is 1. The summed E-state index contributed by atoms with van der Waals surface area (Å²) >= 11 is 0. The monoisotopic (exact) mass is 142 g/mol. The van der Waals surface area contributed by atoms with Crippen LogP contribution in [-0.2, 0) is 5.11 Å². The van der Waals surface area contributed by atoms with Gasteiger partial charge in [0.15, 0.2) is 0 Å². The third kappa shape index (κ3) is 1.96. The Labute approximate surface area is 62.6 Å². The fourth-order valence-electron chi connectivity index (χ4n) is 1.53. The van der Waals surface area contributed by atoms with Crippen molar-refractivity contribution in [1.29, 1.82) is 0 Å². The van der Waals surface area contributed by atoms with Gasteiger partial charge in [0.2, 0.25) is 0 Å². The molecule has 1 rings (SSSR count). The van der Waals surface area contributed by atoms with Crippen molar-refractivity contribution in [2.75, 3.05) is 19.7 Å². The minimum absolute atomic E-state index is 0.0938. The third-order valence-corrected chi connectivity index (χ3v) is 2.52. The van der Waals surface area contributed by atoms with E-state index < -0.39 is 0 Å². The van der Waals surface area contributed by atoms with Crippen molar-refractivity contribution in [2.24, 2.45) is 5.41 Å². The van der Waals surface area contributed by atoms with E-state index in [9.17, 15) is 5.11 Å². The number of hydrogen-bond acceptors (Lipinski definition) is 1. The molecule has 0 saturated carbocycles. The van der Waals surface area contributed by atoms with Gasteiger partial charge in [-0.3, -0.25) is 0 Å². The summed E-state index contributed by atoms with van der Waals surface area (Å²) < 4.78 is 0. The molecule has 1 fully saturated rings. The molecule has 1 aliphatic rings. The summed E-state index contributed by atoms with van der Waals surface area (Å²) in [5.41, 5.74) is 0.354. The molecule has 1 heterocycles.